The van der Waals surface area contributed by atoms with Gasteiger partial charge in [0.15, 0.2) is 11.5 Å². The minimum absolute atomic E-state index is 0.181. The Labute approximate surface area is 156 Å². The molecular weight excluding hydrogens is 351 g/mol. The van der Waals surface area contributed by atoms with Gasteiger partial charge in [-0.25, -0.2) is 9.37 Å². The number of benzene rings is 2. The highest BCUT2D eigenvalue weighted by Gasteiger charge is 2.15. The zero-order valence-corrected chi connectivity index (χ0v) is 15.8. The molecule has 26 heavy (non-hydrogen) atoms. The predicted octanol–water partition coefficient (Wildman–Crippen LogP) is 4.60. The summed E-state index contributed by atoms with van der Waals surface area (Å²) in [5.74, 6) is 1.17. The van der Waals surface area contributed by atoms with Crippen molar-refractivity contribution in [3.05, 3.63) is 64.9 Å². The van der Waals surface area contributed by atoms with Crippen LogP contribution in [0.3, 0.4) is 0 Å². The summed E-state index contributed by atoms with van der Waals surface area (Å²) in [5.41, 5.74) is 2.52. The van der Waals surface area contributed by atoms with E-state index >= 15 is 0 Å². The average molecular weight is 372 g/mol. The lowest BCUT2D eigenvalue weighted by atomic mass is 10.2. The van der Waals surface area contributed by atoms with E-state index in [4.69, 9.17) is 14.5 Å². The molecule has 1 aromatic heterocycles. The van der Waals surface area contributed by atoms with Crippen molar-refractivity contribution in [2.45, 2.75) is 13.1 Å². The summed E-state index contributed by atoms with van der Waals surface area (Å²) < 4.78 is 24.7. The molecule has 0 saturated carbocycles. The molecule has 0 atom stereocenters. The monoisotopic (exact) mass is 372 g/mol. The fraction of sp³-hybridized carbons (Fsp3) is 0.250. The van der Waals surface area contributed by atoms with Crippen LogP contribution in [0.5, 0.6) is 11.5 Å². The first kappa shape index (κ1) is 18.4. The van der Waals surface area contributed by atoms with Crippen molar-refractivity contribution in [2.24, 2.45) is 0 Å². The van der Waals surface area contributed by atoms with Gasteiger partial charge in [0.1, 0.15) is 10.8 Å². The number of nitrogens with zero attached hydrogens (tertiary/aromatic N) is 2. The zero-order valence-electron chi connectivity index (χ0n) is 15.0. The van der Waals surface area contributed by atoms with Gasteiger partial charge in [0, 0.05) is 24.0 Å². The zero-order chi connectivity index (χ0) is 18.5. The van der Waals surface area contributed by atoms with Gasteiger partial charge < -0.3 is 9.47 Å². The van der Waals surface area contributed by atoms with E-state index < -0.39 is 0 Å². The number of hydrogen-bond acceptors (Lipinski definition) is 5. The van der Waals surface area contributed by atoms with Gasteiger partial charge >= 0.3 is 0 Å². The Morgan fingerprint density at radius 1 is 1.04 bits per heavy atom. The number of halogens is 1. The van der Waals surface area contributed by atoms with E-state index in [-0.39, 0.29) is 5.82 Å². The van der Waals surface area contributed by atoms with E-state index in [0.29, 0.717) is 30.2 Å². The number of ether oxygens (including phenoxy) is 2. The summed E-state index contributed by atoms with van der Waals surface area (Å²) in [4.78, 5) is 6.76. The third kappa shape index (κ3) is 4.03. The Kier molecular flexibility index (Phi) is 5.85. The fourth-order valence-corrected chi connectivity index (χ4v) is 3.64. The van der Waals surface area contributed by atoms with Crippen molar-refractivity contribution in [1.82, 2.24) is 9.88 Å². The molecule has 0 fully saturated rings. The van der Waals surface area contributed by atoms with Gasteiger partial charge in [-0.2, -0.15) is 0 Å². The number of rotatable bonds is 7. The smallest absolute Gasteiger partial charge is 0.170 e. The van der Waals surface area contributed by atoms with Crippen LogP contribution in [0.25, 0.3) is 10.6 Å². The SMILES string of the molecule is COc1cccc(-c2nc(CN(C)Cc3ccccc3F)cs2)c1OC. The second kappa shape index (κ2) is 8.29. The minimum Gasteiger partial charge on any atom is -0.493 e. The molecule has 0 unspecified atom stereocenters. The van der Waals surface area contributed by atoms with Crippen LogP contribution < -0.4 is 9.47 Å². The Bertz CT molecular complexity index is 882. The molecule has 0 saturated heterocycles. The molecule has 3 aromatic rings. The minimum atomic E-state index is -0.181. The largest absolute Gasteiger partial charge is 0.493 e. The molecular formula is C20H21FN2O2S. The van der Waals surface area contributed by atoms with E-state index in [1.807, 2.05) is 41.6 Å². The van der Waals surface area contributed by atoms with E-state index in [1.165, 1.54) is 6.07 Å². The van der Waals surface area contributed by atoms with Crippen LogP contribution >= 0.6 is 11.3 Å². The lowest BCUT2D eigenvalue weighted by Gasteiger charge is -2.15. The fourth-order valence-electron chi connectivity index (χ4n) is 2.81. The summed E-state index contributed by atoms with van der Waals surface area (Å²) in [6, 6.07) is 12.6. The summed E-state index contributed by atoms with van der Waals surface area (Å²) in [6.07, 6.45) is 0. The molecule has 3 rings (SSSR count). The Morgan fingerprint density at radius 2 is 1.85 bits per heavy atom. The molecule has 0 N–H and O–H groups in total. The molecule has 6 heteroatoms. The van der Waals surface area contributed by atoms with Crippen molar-refractivity contribution in [3.63, 3.8) is 0 Å². The molecule has 0 aliphatic carbocycles. The first-order valence-electron chi connectivity index (χ1n) is 8.20. The highest BCUT2D eigenvalue weighted by Crippen LogP contribution is 2.39. The molecule has 0 aliphatic heterocycles. The molecule has 136 valence electrons. The van der Waals surface area contributed by atoms with E-state index in [0.717, 1.165) is 16.3 Å². The molecule has 1 heterocycles. The summed E-state index contributed by atoms with van der Waals surface area (Å²) in [5, 5.41) is 2.89. The maximum atomic E-state index is 13.8. The first-order valence-corrected chi connectivity index (χ1v) is 9.08. The maximum absolute atomic E-state index is 13.8. The molecule has 0 radical (unpaired) electrons. The van der Waals surface area contributed by atoms with E-state index in [2.05, 4.69) is 0 Å². The summed E-state index contributed by atoms with van der Waals surface area (Å²) in [6.45, 7) is 1.17. The Hall–Kier alpha value is -2.44. The van der Waals surface area contributed by atoms with E-state index in [9.17, 15) is 4.39 Å². The van der Waals surface area contributed by atoms with Gasteiger partial charge in [-0.3, -0.25) is 4.90 Å². The molecule has 0 spiro atoms. The second-order valence-corrected chi connectivity index (χ2v) is 6.81. The quantitative estimate of drug-likeness (QED) is 0.607. The van der Waals surface area contributed by atoms with Crippen LogP contribution in [0.2, 0.25) is 0 Å². The number of methoxy groups -OCH3 is 2. The normalized spacial score (nSPS) is 11.0. The lowest BCUT2D eigenvalue weighted by Crippen LogP contribution is -2.18. The van der Waals surface area contributed by atoms with Crippen LogP contribution in [0.15, 0.2) is 47.8 Å². The molecule has 2 aromatic carbocycles. The highest BCUT2D eigenvalue weighted by molar-refractivity contribution is 7.13. The predicted molar refractivity (Wildman–Crippen MR) is 102 cm³/mol. The van der Waals surface area contributed by atoms with Gasteiger partial charge in [0.05, 0.1) is 25.5 Å². The standard InChI is InChI=1S/C20H21FN2O2S/c1-23(11-14-7-4-5-9-17(14)21)12-15-13-26-20(22-15)16-8-6-10-18(24-2)19(16)25-3/h4-10,13H,11-12H2,1-3H3. The Balaban J connectivity index is 1.75. The van der Waals surface area contributed by atoms with Crippen molar-refractivity contribution in [2.75, 3.05) is 21.3 Å². The van der Waals surface area contributed by atoms with Crippen LogP contribution in [0.1, 0.15) is 11.3 Å². The highest BCUT2D eigenvalue weighted by atomic mass is 32.1. The van der Waals surface area contributed by atoms with Crippen LogP contribution in [-0.4, -0.2) is 31.2 Å². The number of hydrogen-bond donors (Lipinski definition) is 0. The van der Waals surface area contributed by atoms with Crippen molar-refractivity contribution in [3.8, 4) is 22.1 Å². The van der Waals surface area contributed by atoms with Gasteiger partial charge in [0.25, 0.3) is 0 Å². The topological polar surface area (TPSA) is 34.6 Å². The summed E-state index contributed by atoms with van der Waals surface area (Å²) in [7, 11) is 5.20. The Morgan fingerprint density at radius 3 is 2.58 bits per heavy atom. The van der Waals surface area contributed by atoms with Crippen molar-refractivity contribution in [1.29, 1.82) is 0 Å². The van der Waals surface area contributed by atoms with Crippen LogP contribution in [0, 0.1) is 5.82 Å². The number of para-hydroxylation sites is 1. The van der Waals surface area contributed by atoms with Gasteiger partial charge in [-0.1, -0.05) is 24.3 Å². The number of thiazole rings is 1. The first-order chi connectivity index (χ1) is 12.6. The molecule has 4 nitrogen and oxygen atoms in total. The lowest BCUT2D eigenvalue weighted by molar-refractivity contribution is 0.310. The molecule has 0 bridgehead atoms. The van der Waals surface area contributed by atoms with E-state index in [1.54, 1.807) is 37.7 Å². The van der Waals surface area contributed by atoms with Gasteiger partial charge in [-0.15, -0.1) is 11.3 Å². The van der Waals surface area contributed by atoms with Crippen LogP contribution in [0.4, 0.5) is 4.39 Å². The van der Waals surface area contributed by atoms with Crippen LogP contribution in [-0.2, 0) is 13.1 Å². The summed E-state index contributed by atoms with van der Waals surface area (Å²) >= 11 is 1.56. The third-order valence-electron chi connectivity index (χ3n) is 4.02. The third-order valence-corrected chi connectivity index (χ3v) is 4.94. The molecule has 0 aliphatic rings. The molecule has 0 amide bonds. The van der Waals surface area contributed by atoms with Gasteiger partial charge in [0.2, 0.25) is 0 Å². The number of aromatic nitrogens is 1. The second-order valence-electron chi connectivity index (χ2n) is 5.95. The van der Waals surface area contributed by atoms with Crippen molar-refractivity contribution >= 4 is 11.3 Å². The van der Waals surface area contributed by atoms with Crippen molar-refractivity contribution < 1.29 is 13.9 Å². The van der Waals surface area contributed by atoms with Gasteiger partial charge in [-0.05, 0) is 25.2 Å². The maximum Gasteiger partial charge on any atom is 0.170 e. The average Bonchev–Trinajstić information content (AvgIpc) is 3.11.